The molecule has 1 heterocycles. The van der Waals surface area contributed by atoms with Crippen molar-refractivity contribution >= 4 is 11.6 Å². The van der Waals surface area contributed by atoms with Gasteiger partial charge in [0.05, 0.1) is 0 Å². The van der Waals surface area contributed by atoms with Crippen LogP contribution in [0.4, 0.5) is 0 Å². The number of fused-ring (bicyclic) bond motifs is 1. The topological polar surface area (TPSA) is 15.8 Å². The molecule has 0 amide bonds. The van der Waals surface area contributed by atoms with Crippen molar-refractivity contribution in [3.8, 4) is 0 Å². The molecule has 1 aromatic carbocycles. The highest BCUT2D eigenvalue weighted by Crippen LogP contribution is 2.32. The Morgan fingerprint density at radius 2 is 1.94 bits per heavy atom. The van der Waals surface area contributed by atoms with Gasteiger partial charge in [-0.25, -0.2) is 0 Å². The molecule has 1 N–H and O–H groups in total. The van der Waals surface area contributed by atoms with Gasteiger partial charge in [0.1, 0.15) is 0 Å². The first-order valence-electron chi connectivity index (χ1n) is 6.27. The van der Waals surface area contributed by atoms with Gasteiger partial charge < -0.3 is 4.98 Å². The molecule has 3 rings (SSSR count). The van der Waals surface area contributed by atoms with Gasteiger partial charge in [-0.1, -0.05) is 36.4 Å². The predicted molar refractivity (Wildman–Crippen MR) is 72.8 cm³/mol. The Labute approximate surface area is 102 Å². The van der Waals surface area contributed by atoms with Crippen molar-refractivity contribution in [1.82, 2.24) is 4.98 Å². The minimum absolute atomic E-state index is 1.19. The van der Waals surface area contributed by atoms with E-state index in [9.17, 15) is 0 Å². The molecular formula is C16H17N. The first-order chi connectivity index (χ1) is 8.33. The van der Waals surface area contributed by atoms with Gasteiger partial charge in [-0.05, 0) is 49.0 Å². The van der Waals surface area contributed by atoms with Gasteiger partial charge in [-0.15, -0.1) is 0 Å². The zero-order valence-electron chi connectivity index (χ0n) is 10.2. The maximum atomic E-state index is 3.47. The maximum Gasteiger partial charge on any atom is 0.0225 e. The summed E-state index contributed by atoms with van der Waals surface area (Å²) in [4.78, 5) is 3.47. The standard InChI is InChI=1S/C16H17N/c1-12-10-15-14(8-5-9-16(15)17-12)11-13-6-3-2-4-7-13/h2-4,6-7,10-11,17H,5,8-9H2,1H3/b14-11+. The van der Waals surface area contributed by atoms with E-state index in [1.807, 2.05) is 0 Å². The Bertz CT molecular complexity index is 546. The highest BCUT2D eigenvalue weighted by atomic mass is 14.7. The van der Waals surface area contributed by atoms with E-state index in [1.54, 1.807) is 0 Å². The summed E-state index contributed by atoms with van der Waals surface area (Å²) in [6.45, 7) is 2.14. The van der Waals surface area contributed by atoms with Crippen LogP contribution in [0, 0.1) is 6.92 Å². The highest BCUT2D eigenvalue weighted by Gasteiger charge is 2.15. The van der Waals surface area contributed by atoms with E-state index in [1.165, 1.54) is 47.4 Å². The normalized spacial score (nSPS) is 17.1. The lowest BCUT2D eigenvalue weighted by Crippen LogP contribution is -1.99. The average molecular weight is 223 g/mol. The number of aryl methyl sites for hydroxylation is 2. The molecule has 0 saturated heterocycles. The number of hydrogen-bond acceptors (Lipinski definition) is 0. The van der Waals surface area contributed by atoms with Crippen LogP contribution in [0.25, 0.3) is 11.6 Å². The Hall–Kier alpha value is -1.76. The molecule has 0 bridgehead atoms. The summed E-state index contributed by atoms with van der Waals surface area (Å²) < 4.78 is 0. The second-order valence-electron chi connectivity index (χ2n) is 4.78. The zero-order chi connectivity index (χ0) is 11.7. The van der Waals surface area contributed by atoms with Crippen LogP contribution in [0.2, 0.25) is 0 Å². The molecule has 0 fully saturated rings. The van der Waals surface area contributed by atoms with Crippen LogP contribution in [-0.2, 0) is 6.42 Å². The molecule has 0 spiro atoms. The van der Waals surface area contributed by atoms with Crippen molar-refractivity contribution in [2.45, 2.75) is 26.2 Å². The van der Waals surface area contributed by atoms with Crippen LogP contribution in [0.15, 0.2) is 36.4 Å². The van der Waals surface area contributed by atoms with Crippen molar-refractivity contribution in [1.29, 1.82) is 0 Å². The summed E-state index contributed by atoms with van der Waals surface area (Å²) in [6.07, 6.45) is 5.96. The molecule has 86 valence electrons. The van der Waals surface area contributed by atoms with Crippen LogP contribution in [0.5, 0.6) is 0 Å². The Kier molecular flexibility index (Phi) is 2.60. The second-order valence-corrected chi connectivity index (χ2v) is 4.78. The fourth-order valence-electron chi connectivity index (χ4n) is 2.62. The molecule has 2 aromatic rings. The minimum Gasteiger partial charge on any atom is -0.362 e. The highest BCUT2D eigenvalue weighted by molar-refractivity contribution is 5.83. The monoisotopic (exact) mass is 223 g/mol. The lowest BCUT2D eigenvalue weighted by Gasteiger charge is -2.15. The van der Waals surface area contributed by atoms with Gasteiger partial charge in [0, 0.05) is 11.4 Å². The van der Waals surface area contributed by atoms with Crippen LogP contribution in [0.1, 0.15) is 35.4 Å². The van der Waals surface area contributed by atoms with E-state index in [0.717, 1.165) is 0 Å². The van der Waals surface area contributed by atoms with Crippen molar-refractivity contribution in [2.24, 2.45) is 0 Å². The molecule has 0 radical (unpaired) electrons. The summed E-state index contributed by atoms with van der Waals surface area (Å²) in [5.74, 6) is 0. The fourth-order valence-corrected chi connectivity index (χ4v) is 2.62. The average Bonchev–Trinajstić information content (AvgIpc) is 2.72. The Balaban J connectivity index is 2.03. The van der Waals surface area contributed by atoms with E-state index in [0.29, 0.717) is 0 Å². The number of allylic oxidation sites excluding steroid dienone is 1. The van der Waals surface area contributed by atoms with E-state index in [2.05, 4.69) is 54.4 Å². The molecule has 17 heavy (non-hydrogen) atoms. The van der Waals surface area contributed by atoms with E-state index < -0.39 is 0 Å². The Morgan fingerprint density at radius 1 is 1.12 bits per heavy atom. The largest absolute Gasteiger partial charge is 0.362 e. The number of H-pyrrole nitrogens is 1. The van der Waals surface area contributed by atoms with Crippen molar-refractivity contribution < 1.29 is 0 Å². The van der Waals surface area contributed by atoms with Crippen molar-refractivity contribution in [3.63, 3.8) is 0 Å². The van der Waals surface area contributed by atoms with Gasteiger partial charge in [-0.3, -0.25) is 0 Å². The zero-order valence-corrected chi connectivity index (χ0v) is 10.2. The van der Waals surface area contributed by atoms with Crippen LogP contribution in [-0.4, -0.2) is 4.98 Å². The minimum atomic E-state index is 1.19. The third kappa shape index (κ3) is 2.05. The van der Waals surface area contributed by atoms with Gasteiger partial charge in [0.2, 0.25) is 0 Å². The molecule has 0 unspecified atom stereocenters. The SMILES string of the molecule is Cc1cc2c([nH]1)CCC/C2=C\c1ccccc1. The molecular weight excluding hydrogens is 206 g/mol. The number of benzene rings is 1. The molecule has 1 heteroatoms. The molecule has 0 atom stereocenters. The summed E-state index contributed by atoms with van der Waals surface area (Å²) in [7, 11) is 0. The molecule has 1 aliphatic rings. The number of rotatable bonds is 1. The molecule has 1 aliphatic carbocycles. The van der Waals surface area contributed by atoms with Gasteiger partial charge in [0.15, 0.2) is 0 Å². The number of nitrogens with one attached hydrogen (secondary N) is 1. The quantitative estimate of drug-likeness (QED) is 0.745. The number of aromatic amines is 1. The molecule has 0 saturated carbocycles. The number of aromatic nitrogens is 1. The third-order valence-electron chi connectivity index (χ3n) is 3.39. The number of hydrogen-bond donors (Lipinski definition) is 1. The van der Waals surface area contributed by atoms with Crippen molar-refractivity contribution in [2.75, 3.05) is 0 Å². The second kappa shape index (κ2) is 4.25. The van der Waals surface area contributed by atoms with Gasteiger partial charge in [0.25, 0.3) is 0 Å². The summed E-state index contributed by atoms with van der Waals surface area (Å²) in [6, 6.07) is 12.9. The Morgan fingerprint density at radius 3 is 2.76 bits per heavy atom. The predicted octanol–water partition coefficient (Wildman–Crippen LogP) is 4.20. The molecule has 1 aromatic heterocycles. The fraction of sp³-hybridized carbons (Fsp3) is 0.250. The maximum absolute atomic E-state index is 3.47. The molecule has 0 aliphatic heterocycles. The summed E-state index contributed by atoms with van der Waals surface area (Å²) in [5.41, 5.74) is 6.89. The van der Waals surface area contributed by atoms with Crippen molar-refractivity contribution in [3.05, 3.63) is 58.9 Å². The van der Waals surface area contributed by atoms with Gasteiger partial charge in [-0.2, -0.15) is 0 Å². The molecule has 1 nitrogen and oxygen atoms in total. The summed E-state index contributed by atoms with van der Waals surface area (Å²) >= 11 is 0. The lowest BCUT2D eigenvalue weighted by atomic mass is 9.91. The van der Waals surface area contributed by atoms with E-state index >= 15 is 0 Å². The smallest absolute Gasteiger partial charge is 0.0225 e. The summed E-state index contributed by atoms with van der Waals surface area (Å²) in [5, 5.41) is 0. The van der Waals surface area contributed by atoms with E-state index in [4.69, 9.17) is 0 Å². The first-order valence-corrected chi connectivity index (χ1v) is 6.27. The van der Waals surface area contributed by atoms with Crippen LogP contribution in [0.3, 0.4) is 0 Å². The van der Waals surface area contributed by atoms with E-state index in [-0.39, 0.29) is 0 Å². The third-order valence-corrected chi connectivity index (χ3v) is 3.39. The first kappa shape index (κ1) is 10.4. The lowest BCUT2D eigenvalue weighted by molar-refractivity contribution is 0.804. The van der Waals surface area contributed by atoms with Gasteiger partial charge >= 0.3 is 0 Å². The van der Waals surface area contributed by atoms with Crippen LogP contribution < -0.4 is 0 Å². The van der Waals surface area contributed by atoms with Crippen LogP contribution >= 0.6 is 0 Å².